The fourth-order valence-corrected chi connectivity index (χ4v) is 5.38. The first kappa shape index (κ1) is 24.8. The second-order valence-corrected chi connectivity index (χ2v) is 9.85. The molecular weight excluding hydrogens is 452 g/mol. The highest BCUT2D eigenvalue weighted by Gasteiger charge is 2.35. The Kier molecular flexibility index (Phi) is 7.80. The van der Waals surface area contributed by atoms with Gasteiger partial charge in [-0.05, 0) is 49.2 Å². The average molecular weight is 480 g/mol. The molecule has 1 unspecified atom stereocenters. The van der Waals surface area contributed by atoms with Crippen LogP contribution >= 0.6 is 0 Å². The van der Waals surface area contributed by atoms with Crippen molar-refractivity contribution < 1.29 is 26.8 Å². The molecule has 33 heavy (non-hydrogen) atoms. The maximum absolute atomic E-state index is 13.8. The smallest absolute Gasteiger partial charge is 0.243 e. The van der Waals surface area contributed by atoms with Crippen molar-refractivity contribution in [2.24, 2.45) is 5.92 Å². The lowest BCUT2D eigenvalue weighted by molar-refractivity contribution is -0.122. The number of halogens is 2. The predicted molar refractivity (Wildman–Crippen MR) is 121 cm³/mol. The highest BCUT2D eigenvalue weighted by atomic mass is 32.2. The molecular formula is C23H27F2N3O4S. The van der Waals surface area contributed by atoms with Crippen LogP contribution in [0.25, 0.3) is 0 Å². The van der Waals surface area contributed by atoms with Gasteiger partial charge in [-0.3, -0.25) is 9.59 Å². The number of carbonyl (C=O) groups is 2. The summed E-state index contributed by atoms with van der Waals surface area (Å²) in [6.45, 7) is 4.74. The van der Waals surface area contributed by atoms with Gasteiger partial charge in [0.25, 0.3) is 0 Å². The van der Waals surface area contributed by atoms with Crippen LogP contribution < -0.4 is 10.2 Å². The molecule has 7 nitrogen and oxygen atoms in total. The maximum Gasteiger partial charge on any atom is 0.243 e. The summed E-state index contributed by atoms with van der Waals surface area (Å²) in [4.78, 5) is 26.6. The van der Waals surface area contributed by atoms with Gasteiger partial charge in [0.2, 0.25) is 21.8 Å². The number of amides is 2. The quantitative estimate of drug-likeness (QED) is 0.593. The highest BCUT2D eigenvalue weighted by Crippen LogP contribution is 2.28. The largest absolute Gasteiger partial charge is 0.323 e. The average Bonchev–Trinajstić information content (AvgIpc) is 3.17. The standard InChI is InChI=1S/C23H27F2N3O4S/c1-3-11-27(12-4-2)33(31,32)19-8-6-18(7-9-19)28-15-16(13-22(28)29)23(30)26-21-10-5-17(24)14-20(21)25/h5-10,14,16H,3-4,11-13,15H2,1-2H3,(H,26,30). The SMILES string of the molecule is CCCN(CCC)S(=O)(=O)c1ccc(N2CC(C(=O)Nc3ccc(F)cc3F)CC2=O)cc1. The molecule has 0 spiro atoms. The Bertz CT molecular complexity index is 1120. The number of sulfonamides is 1. The van der Waals surface area contributed by atoms with E-state index in [0.29, 0.717) is 37.7 Å². The van der Waals surface area contributed by atoms with Gasteiger partial charge in [-0.15, -0.1) is 0 Å². The van der Waals surface area contributed by atoms with E-state index in [1.54, 1.807) is 12.1 Å². The summed E-state index contributed by atoms with van der Waals surface area (Å²) in [6, 6.07) is 8.81. The Hall–Kier alpha value is -2.85. The molecule has 1 aliphatic heterocycles. The van der Waals surface area contributed by atoms with Crippen molar-refractivity contribution in [3.05, 3.63) is 54.1 Å². The van der Waals surface area contributed by atoms with Gasteiger partial charge < -0.3 is 10.2 Å². The summed E-state index contributed by atoms with van der Waals surface area (Å²) in [5.41, 5.74) is 0.310. The van der Waals surface area contributed by atoms with Crippen molar-refractivity contribution in [2.75, 3.05) is 29.9 Å². The third-order valence-electron chi connectivity index (χ3n) is 5.42. The maximum atomic E-state index is 13.8. The van der Waals surface area contributed by atoms with Gasteiger partial charge in [0.05, 0.1) is 16.5 Å². The lowest BCUT2D eigenvalue weighted by Gasteiger charge is -2.22. The van der Waals surface area contributed by atoms with Crippen LogP contribution in [-0.4, -0.2) is 44.2 Å². The number of benzene rings is 2. The number of anilines is 2. The summed E-state index contributed by atoms with van der Waals surface area (Å²) in [7, 11) is -3.64. The van der Waals surface area contributed by atoms with Crippen LogP contribution in [-0.2, 0) is 19.6 Å². The first-order valence-corrected chi connectivity index (χ1v) is 12.3. The Morgan fingerprint density at radius 3 is 2.30 bits per heavy atom. The summed E-state index contributed by atoms with van der Waals surface area (Å²) in [6.07, 6.45) is 1.32. The van der Waals surface area contributed by atoms with Crippen molar-refractivity contribution in [1.82, 2.24) is 4.31 Å². The van der Waals surface area contributed by atoms with Crippen LogP contribution in [0.5, 0.6) is 0 Å². The van der Waals surface area contributed by atoms with Crippen molar-refractivity contribution in [2.45, 2.75) is 38.0 Å². The molecule has 1 aliphatic rings. The van der Waals surface area contributed by atoms with E-state index in [1.165, 1.54) is 21.3 Å². The van der Waals surface area contributed by atoms with Crippen molar-refractivity contribution in [1.29, 1.82) is 0 Å². The molecule has 2 aromatic carbocycles. The number of carbonyl (C=O) groups excluding carboxylic acids is 2. The van der Waals surface area contributed by atoms with Gasteiger partial charge in [-0.2, -0.15) is 4.31 Å². The van der Waals surface area contributed by atoms with E-state index in [2.05, 4.69) is 5.32 Å². The Balaban J connectivity index is 1.71. The fourth-order valence-electron chi connectivity index (χ4n) is 3.76. The third-order valence-corrected chi connectivity index (χ3v) is 7.33. The van der Waals surface area contributed by atoms with E-state index in [4.69, 9.17) is 0 Å². The summed E-state index contributed by atoms with van der Waals surface area (Å²) >= 11 is 0. The van der Waals surface area contributed by atoms with Gasteiger partial charge in [0.15, 0.2) is 0 Å². The van der Waals surface area contributed by atoms with Crippen molar-refractivity contribution in [3.63, 3.8) is 0 Å². The van der Waals surface area contributed by atoms with E-state index in [0.717, 1.165) is 12.1 Å². The van der Waals surface area contributed by atoms with Gasteiger partial charge >= 0.3 is 0 Å². The Morgan fingerprint density at radius 2 is 1.73 bits per heavy atom. The monoisotopic (exact) mass is 479 g/mol. The van der Waals surface area contributed by atoms with Crippen LogP contribution in [0.3, 0.4) is 0 Å². The molecule has 1 saturated heterocycles. The highest BCUT2D eigenvalue weighted by molar-refractivity contribution is 7.89. The lowest BCUT2D eigenvalue weighted by Crippen LogP contribution is -2.32. The number of nitrogens with one attached hydrogen (secondary N) is 1. The van der Waals surface area contributed by atoms with E-state index >= 15 is 0 Å². The molecule has 2 aromatic rings. The molecule has 0 saturated carbocycles. The zero-order chi connectivity index (χ0) is 24.2. The number of rotatable bonds is 9. The first-order valence-electron chi connectivity index (χ1n) is 10.8. The molecule has 0 aromatic heterocycles. The van der Waals surface area contributed by atoms with Crippen LogP contribution in [0.4, 0.5) is 20.2 Å². The lowest BCUT2D eigenvalue weighted by atomic mass is 10.1. The normalized spacial score (nSPS) is 16.5. The topological polar surface area (TPSA) is 86.8 Å². The van der Waals surface area contributed by atoms with Crippen LogP contribution in [0.1, 0.15) is 33.1 Å². The molecule has 2 amide bonds. The van der Waals surface area contributed by atoms with Crippen LogP contribution in [0.15, 0.2) is 47.4 Å². The number of hydrogen-bond donors (Lipinski definition) is 1. The molecule has 1 heterocycles. The minimum absolute atomic E-state index is 0.0668. The van der Waals surface area contributed by atoms with E-state index in [9.17, 15) is 26.8 Å². The Morgan fingerprint density at radius 1 is 1.09 bits per heavy atom. The van der Waals surface area contributed by atoms with E-state index < -0.39 is 33.5 Å². The summed E-state index contributed by atoms with van der Waals surface area (Å²) in [5.74, 6) is -3.24. The van der Waals surface area contributed by atoms with Gasteiger partial charge in [0, 0.05) is 37.8 Å². The predicted octanol–water partition coefficient (Wildman–Crippen LogP) is 3.77. The van der Waals surface area contributed by atoms with E-state index in [1.807, 2.05) is 13.8 Å². The minimum atomic E-state index is -3.64. The fraction of sp³-hybridized carbons (Fsp3) is 0.391. The molecule has 1 atom stereocenters. The van der Waals surface area contributed by atoms with E-state index in [-0.39, 0.29) is 29.5 Å². The molecule has 0 aliphatic carbocycles. The minimum Gasteiger partial charge on any atom is -0.323 e. The summed E-state index contributed by atoms with van der Waals surface area (Å²) < 4.78 is 54.1. The second-order valence-electron chi connectivity index (χ2n) is 7.92. The zero-order valence-corrected chi connectivity index (χ0v) is 19.4. The van der Waals surface area contributed by atoms with Gasteiger partial charge in [-0.1, -0.05) is 13.8 Å². The first-order chi connectivity index (χ1) is 15.7. The van der Waals surface area contributed by atoms with Crippen molar-refractivity contribution >= 4 is 33.2 Å². The molecule has 0 bridgehead atoms. The molecule has 0 radical (unpaired) electrons. The molecule has 10 heteroatoms. The molecule has 1 N–H and O–H groups in total. The molecule has 3 rings (SSSR count). The zero-order valence-electron chi connectivity index (χ0n) is 18.6. The molecule has 178 valence electrons. The van der Waals surface area contributed by atoms with Crippen LogP contribution in [0.2, 0.25) is 0 Å². The van der Waals surface area contributed by atoms with Gasteiger partial charge in [-0.25, -0.2) is 17.2 Å². The summed E-state index contributed by atoms with van der Waals surface area (Å²) in [5, 5.41) is 2.39. The number of nitrogens with zero attached hydrogens (tertiary/aromatic N) is 2. The van der Waals surface area contributed by atoms with Crippen LogP contribution in [0, 0.1) is 17.6 Å². The second kappa shape index (κ2) is 10.4. The van der Waals surface area contributed by atoms with Crippen molar-refractivity contribution in [3.8, 4) is 0 Å². The Labute approximate surface area is 192 Å². The third kappa shape index (κ3) is 5.56. The van der Waals surface area contributed by atoms with Gasteiger partial charge in [0.1, 0.15) is 11.6 Å². The molecule has 1 fully saturated rings. The number of hydrogen-bond acceptors (Lipinski definition) is 4.